The van der Waals surface area contributed by atoms with E-state index in [1.54, 1.807) is 41.8 Å². The van der Waals surface area contributed by atoms with Gasteiger partial charge in [0.2, 0.25) is 11.4 Å². The molecule has 12 heteroatoms. The summed E-state index contributed by atoms with van der Waals surface area (Å²) in [6, 6.07) is 0. The molecule has 0 radical (unpaired) electrons. The van der Waals surface area contributed by atoms with Crippen LogP contribution in [0, 0.1) is 0 Å². The van der Waals surface area contributed by atoms with Crippen LogP contribution in [-0.4, -0.2) is 85.8 Å². The lowest BCUT2D eigenvalue weighted by atomic mass is 10.0. The molecular formula is C22H38N2O10+2. The number of hydrogen-bond acceptors (Lipinski definition) is 10. The Bertz CT molecular complexity index is 732. The lowest BCUT2D eigenvalue weighted by Crippen LogP contribution is -2.79. The van der Waals surface area contributed by atoms with E-state index >= 15 is 0 Å². The van der Waals surface area contributed by atoms with Crippen LogP contribution in [0.25, 0.3) is 0 Å². The predicted molar refractivity (Wildman–Crippen MR) is 117 cm³/mol. The van der Waals surface area contributed by atoms with Crippen molar-refractivity contribution in [3.63, 3.8) is 0 Å². The second-order valence-electron chi connectivity index (χ2n) is 7.88. The highest BCUT2D eigenvalue weighted by Gasteiger charge is 2.39. The van der Waals surface area contributed by atoms with Crippen LogP contribution in [0.15, 0.2) is 22.5 Å². The molecule has 12 nitrogen and oxygen atoms in total. The maximum Gasteiger partial charge on any atom is 0.393 e. The fourth-order valence-electron chi connectivity index (χ4n) is 2.87. The van der Waals surface area contributed by atoms with Gasteiger partial charge in [0.15, 0.2) is 12.2 Å². The number of quaternary nitrogens is 2. The topological polar surface area (TPSA) is 179 Å². The molecule has 0 unspecified atom stereocenters. The molecule has 6 N–H and O–H groups in total. The number of esters is 4. The van der Waals surface area contributed by atoms with E-state index in [0.29, 0.717) is 11.1 Å². The Labute approximate surface area is 199 Å². The highest BCUT2D eigenvalue weighted by molar-refractivity contribution is 5.86. The minimum atomic E-state index is -1.87. The van der Waals surface area contributed by atoms with Crippen molar-refractivity contribution in [3.05, 3.63) is 22.5 Å². The smallest absolute Gasteiger partial charge is 0.393 e. The number of aliphatic hydroxyl groups is 2. The van der Waals surface area contributed by atoms with Crippen LogP contribution in [0.5, 0.6) is 0 Å². The number of rotatable bonds is 13. The van der Waals surface area contributed by atoms with E-state index in [1.807, 2.05) is 0 Å². The first-order chi connectivity index (χ1) is 15.8. The highest BCUT2D eigenvalue weighted by atomic mass is 16.6. The van der Waals surface area contributed by atoms with Crippen LogP contribution >= 0.6 is 0 Å². The summed E-state index contributed by atoms with van der Waals surface area (Å²) < 4.78 is 20.4. The van der Waals surface area contributed by atoms with Gasteiger partial charge < -0.3 is 39.8 Å². The molecule has 0 aliphatic carbocycles. The van der Waals surface area contributed by atoms with Crippen molar-refractivity contribution < 1.29 is 59.0 Å². The number of hydrogen-bond donors (Lipinski definition) is 4. The van der Waals surface area contributed by atoms with Crippen molar-refractivity contribution in [3.8, 4) is 0 Å². The zero-order valence-electron chi connectivity index (χ0n) is 21.0. The summed E-state index contributed by atoms with van der Waals surface area (Å²) in [5.74, 6) is -3.04. The lowest BCUT2D eigenvalue weighted by Gasteiger charge is -2.30. The zero-order chi connectivity index (χ0) is 26.6. The Balaban J connectivity index is 5.93. The number of aliphatic hydroxyl groups excluding tert-OH is 2. The number of ether oxygens (including phenoxy) is 4. The molecule has 0 amide bonds. The third-order valence-corrected chi connectivity index (χ3v) is 4.62. The van der Waals surface area contributed by atoms with Gasteiger partial charge in [-0.3, -0.25) is 9.59 Å². The van der Waals surface area contributed by atoms with Crippen LogP contribution < -0.4 is 10.6 Å². The van der Waals surface area contributed by atoms with Crippen molar-refractivity contribution >= 4 is 23.9 Å². The lowest BCUT2D eigenvalue weighted by molar-refractivity contribution is -0.572. The van der Waals surface area contributed by atoms with Gasteiger partial charge in [-0.25, -0.2) is 9.59 Å². The van der Waals surface area contributed by atoms with Crippen LogP contribution in [-0.2, 0) is 38.1 Å². The number of likely N-dealkylation sites (N-methyl/N-ethyl adjacent to an activating group) is 2. The Morgan fingerprint density at radius 3 is 1.15 bits per heavy atom. The quantitative estimate of drug-likeness (QED) is 0.124. The molecule has 0 rings (SSSR count). The molecule has 0 aliphatic heterocycles. The molecule has 0 aromatic heterocycles. The first-order valence-corrected chi connectivity index (χ1v) is 10.7. The van der Waals surface area contributed by atoms with Crippen molar-refractivity contribution in [1.29, 1.82) is 0 Å². The third kappa shape index (κ3) is 10.4. The van der Waals surface area contributed by atoms with E-state index in [-0.39, 0.29) is 11.4 Å². The Hall–Kier alpha value is -2.80. The first kappa shape index (κ1) is 31.2. The Kier molecular flexibility index (Phi) is 13.9. The average molecular weight is 491 g/mol. The molecule has 194 valence electrons. The second kappa shape index (κ2) is 15.2. The van der Waals surface area contributed by atoms with Gasteiger partial charge in [0.05, 0.1) is 14.1 Å². The van der Waals surface area contributed by atoms with Gasteiger partial charge in [0.1, 0.15) is 25.4 Å². The fraction of sp³-hybridized carbons (Fsp3) is 0.636. The van der Waals surface area contributed by atoms with E-state index in [0.717, 1.165) is 13.8 Å². The van der Waals surface area contributed by atoms with Gasteiger partial charge in [-0.15, -0.1) is 0 Å². The van der Waals surface area contributed by atoms with Crippen LogP contribution in [0.2, 0.25) is 0 Å². The fourth-order valence-corrected chi connectivity index (χ4v) is 2.87. The summed E-state index contributed by atoms with van der Waals surface area (Å²) in [6.45, 7) is 7.83. The van der Waals surface area contributed by atoms with Crippen molar-refractivity contribution in [2.24, 2.45) is 0 Å². The van der Waals surface area contributed by atoms with Gasteiger partial charge in [-0.2, -0.15) is 0 Å². The largest absolute Gasteiger partial charge is 0.462 e. The maximum absolute atomic E-state index is 12.6. The number of carbonyl (C=O) groups excluding carboxylic acids is 4. The summed E-state index contributed by atoms with van der Waals surface area (Å²) in [6.07, 6.45) is -6.76. The SMILES string of the molecule is C[NH2+]C(C(=O)O[C@H](COC(C)=O)[C@@H](O)[C@H](O)[C@@H](COC(C)=O)OC(=O)C([NH2+]C)=C(C)C)=C(C)C. The van der Waals surface area contributed by atoms with Gasteiger partial charge in [0, 0.05) is 13.8 Å². The summed E-state index contributed by atoms with van der Waals surface area (Å²) >= 11 is 0. The average Bonchev–Trinajstić information content (AvgIpc) is 2.73. The molecule has 4 atom stereocenters. The van der Waals surface area contributed by atoms with Crippen LogP contribution in [0.4, 0.5) is 0 Å². The van der Waals surface area contributed by atoms with E-state index in [9.17, 15) is 29.4 Å². The first-order valence-electron chi connectivity index (χ1n) is 10.7. The molecule has 0 heterocycles. The normalized spacial score (nSPS) is 14.1. The third-order valence-electron chi connectivity index (χ3n) is 4.62. The van der Waals surface area contributed by atoms with Gasteiger partial charge >= 0.3 is 23.9 Å². The minimum absolute atomic E-state index is 0.226. The second-order valence-corrected chi connectivity index (χ2v) is 7.88. The number of allylic oxidation sites excluding steroid dienone is 2. The molecule has 0 bridgehead atoms. The van der Waals surface area contributed by atoms with E-state index in [2.05, 4.69) is 0 Å². The molecular weight excluding hydrogens is 452 g/mol. The molecule has 34 heavy (non-hydrogen) atoms. The molecule has 0 fully saturated rings. The summed E-state index contributed by atoms with van der Waals surface area (Å²) in [7, 11) is 3.24. The minimum Gasteiger partial charge on any atom is -0.462 e. The van der Waals surface area contributed by atoms with Crippen LogP contribution in [0.1, 0.15) is 41.5 Å². The monoisotopic (exact) mass is 490 g/mol. The number of nitrogens with two attached hydrogens (primary N) is 2. The predicted octanol–water partition coefficient (Wildman–Crippen LogP) is -2.37. The van der Waals surface area contributed by atoms with Gasteiger partial charge in [0.25, 0.3) is 0 Å². The summed E-state index contributed by atoms with van der Waals surface area (Å²) in [5.41, 5.74) is 1.73. The molecule has 0 saturated carbocycles. The van der Waals surface area contributed by atoms with Crippen molar-refractivity contribution in [2.45, 2.75) is 66.0 Å². The highest BCUT2D eigenvalue weighted by Crippen LogP contribution is 2.15. The zero-order valence-corrected chi connectivity index (χ0v) is 21.0. The Morgan fingerprint density at radius 2 is 0.941 bits per heavy atom. The maximum atomic E-state index is 12.6. The summed E-state index contributed by atoms with van der Waals surface area (Å²) in [5, 5.41) is 24.6. The van der Waals surface area contributed by atoms with Gasteiger partial charge in [-0.05, 0) is 38.8 Å². The van der Waals surface area contributed by atoms with Crippen LogP contribution in [0.3, 0.4) is 0 Å². The number of carbonyl (C=O) groups is 4. The van der Waals surface area contributed by atoms with Crippen molar-refractivity contribution in [2.75, 3.05) is 27.3 Å². The molecule has 0 aromatic rings. The molecule has 0 aromatic carbocycles. The van der Waals surface area contributed by atoms with Gasteiger partial charge in [-0.1, -0.05) is 0 Å². The van der Waals surface area contributed by atoms with Crippen molar-refractivity contribution in [1.82, 2.24) is 0 Å². The van der Waals surface area contributed by atoms with E-state index < -0.39 is 61.5 Å². The van der Waals surface area contributed by atoms with E-state index in [4.69, 9.17) is 18.9 Å². The Morgan fingerprint density at radius 1 is 0.647 bits per heavy atom. The van der Waals surface area contributed by atoms with E-state index in [1.165, 1.54) is 10.6 Å². The molecule has 0 aliphatic rings. The molecule has 0 saturated heterocycles. The standard InChI is InChI=1S/C22H36N2O10/c1-11(2)17(23-7)21(29)33-15(9-31-13(5)25)19(27)20(28)16(10-32-14(6)26)34-22(30)18(24-8)12(3)4/h15-16,19-20,23-24,27-28H,9-10H2,1-8H3/p+2/t15-,16-,19-,20-/m1/s1. The molecule has 0 spiro atoms. The summed E-state index contributed by atoms with van der Waals surface area (Å²) in [4.78, 5) is 47.7.